The molecule has 3 N–H and O–H groups in total. The number of benzene rings is 2. The van der Waals surface area contributed by atoms with Gasteiger partial charge in [0, 0.05) is 25.3 Å². The smallest absolute Gasteiger partial charge is 0.370 e. The number of rotatable bonds is 14. The van der Waals surface area contributed by atoms with Crippen molar-refractivity contribution < 1.29 is 85.0 Å². The van der Waals surface area contributed by atoms with Crippen LogP contribution in [0.2, 0.25) is 0 Å². The first-order valence-electron chi connectivity index (χ1n) is 12.6. The molecule has 8 nitrogen and oxygen atoms in total. The molecule has 0 atom stereocenters. The normalized spacial score (nSPS) is 14.4. The van der Waals surface area contributed by atoms with Crippen molar-refractivity contribution >= 4 is 35.9 Å². The van der Waals surface area contributed by atoms with E-state index in [1.807, 2.05) is 0 Å². The van der Waals surface area contributed by atoms with Gasteiger partial charge in [-0.15, -0.1) is 0 Å². The molecule has 1 amide bonds. The number of carbonyl (C=O) groups is 1. The summed E-state index contributed by atoms with van der Waals surface area (Å²) < 4.78 is 212. The van der Waals surface area contributed by atoms with Gasteiger partial charge in [-0.25, -0.2) is 0 Å². The highest BCUT2D eigenvalue weighted by molar-refractivity contribution is 7.60. The van der Waals surface area contributed by atoms with Gasteiger partial charge in [0.25, 0.3) is 5.91 Å². The third-order valence-electron chi connectivity index (χ3n) is 6.32. The van der Waals surface area contributed by atoms with Crippen molar-refractivity contribution in [1.29, 1.82) is 0 Å². The first-order chi connectivity index (χ1) is 21.5. The third kappa shape index (κ3) is 7.36. The summed E-state index contributed by atoms with van der Waals surface area (Å²) >= 11 is 0. The van der Waals surface area contributed by atoms with Gasteiger partial charge in [0.05, 0.1) is 16.7 Å². The van der Waals surface area contributed by atoms with Crippen LogP contribution in [0.3, 0.4) is 0 Å². The SMILES string of the molecule is CCN(CCNC(=O)C(F)(F)C(F)(F)C(F)(F)C(F)(F)C(F)(F)C(F)(F)C(F)(F)F)c1ccc(/N=N/c2cccc(P(=O)(O)O)c2)cc1. The van der Waals surface area contributed by atoms with Crippen LogP contribution in [0.25, 0.3) is 0 Å². The maximum Gasteiger partial charge on any atom is 0.460 e. The summed E-state index contributed by atoms with van der Waals surface area (Å²) in [6.07, 6.45) is -7.73. The lowest BCUT2D eigenvalue weighted by Crippen LogP contribution is -2.74. The number of alkyl halides is 15. The zero-order valence-electron chi connectivity index (χ0n) is 23.4. The fourth-order valence-electron chi connectivity index (χ4n) is 3.58. The summed E-state index contributed by atoms with van der Waals surface area (Å²) in [7, 11) is -4.59. The molecule has 0 fully saturated rings. The molecule has 2 aromatic rings. The average Bonchev–Trinajstić information content (AvgIpc) is 2.97. The second kappa shape index (κ2) is 13.4. The molecule has 0 spiro atoms. The minimum Gasteiger partial charge on any atom is -0.370 e. The van der Waals surface area contributed by atoms with Crippen molar-refractivity contribution in [2.75, 3.05) is 24.5 Å². The maximum atomic E-state index is 14.1. The summed E-state index contributed by atoms with van der Waals surface area (Å²) in [5, 5.41) is 8.21. The Labute approximate surface area is 258 Å². The van der Waals surface area contributed by atoms with Crippen LogP contribution in [0.5, 0.6) is 0 Å². The number of halogens is 15. The second-order valence-electron chi connectivity index (χ2n) is 9.56. The standard InChI is InChI=1S/C24H20F15N4O4P/c1-2-43(15-8-6-13(7-9-15)41-42-14-4-3-5-16(12-14)48(45,46)47)11-10-40-17(44)18(25,26)19(27,28)20(29,30)21(31,32)22(33,34)23(35,36)24(37,38)39/h3-9,12H,2,10-11H2,1H3,(H,40,44)(H2,45,46,47)/b42-41+. The van der Waals surface area contributed by atoms with Crippen LogP contribution in [0.4, 0.5) is 82.9 Å². The Hall–Kier alpha value is -3.59. The summed E-state index contributed by atoms with van der Waals surface area (Å²) in [6, 6.07) is 10.0. The molecule has 0 aromatic heterocycles. The lowest BCUT2D eigenvalue weighted by molar-refractivity contribution is -0.449. The van der Waals surface area contributed by atoms with Crippen LogP contribution in [0, 0.1) is 0 Å². The molecular formula is C24H20F15N4O4P. The van der Waals surface area contributed by atoms with Gasteiger partial charge >= 0.3 is 49.3 Å². The maximum absolute atomic E-state index is 14.1. The fourth-order valence-corrected chi connectivity index (χ4v) is 4.16. The lowest BCUT2D eigenvalue weighted by Gasteiger charge is -2.41. The van der Waals surface area contributed by atoms with Gasteiger partial charge < -0.3 is 20.0 Å². The van der Waals surface area contributed by atoms with E-state index in [1.54, 1.807) is 0 Å². The van der Waals surface area contributed by atoms with E-state index in [-0.39, 0.29) is 28.9 Å². The van der Waals surface area contributed by atoms with Gasteiger partial charge in [-0.2, -0.15) is 76.1 Å². The quantitative estimate of drug-likeness (QED) is 0.107. The first-order valence-corrected chi connectivity index (χ1v) is 14.2. The molecular weight excluding hydrogens is 724 g/mol. The zero-order valence-corrected chi connectivity index (χ0v) is 24.3. The Balaban J connectivity index is 2.17. The third-order valence-corrected chi connectivity index (χ3v) is 7.27. The van der Waals surface area contributed by atoms with Crippen molar-refractivity contribution in [3.05, 3.63) is 48.5 Å². The Morgan fingerprint density at radius 2 is 1.21 bits per heavy atom. The zero-order chi connectivity index (χ0) is 37.4. The minimum absolute atomic E-state index is 0.0365. The molecule has 0 aliphatic heterocycles. The highest BCUT2D eigenvalue weighted by atomic mass is 31.2. The van der Waals surface area contributed by atoms with Gasteiger partial charge in [-0.05, 0) is 49.4 Å². The molecule has 48 heavy (non-hydrogen) atoms. The summed E-state index contributed by atoms with van der Waals surface area (Å²) in [4.78, 5) is 31.3. The molecule has 2 aromatic carbocycles. The van der Waals surface area contributed by atoms with E-state index in [0.717, 1.165) is 17.4 Å². The second-order valence-corrected chi connectivity index (χ2v) is 11.2. The van der Waals surface area contributed by atoms with Gasteiger partial charge in [0.2, 0.25) is 0 Å². The summed E-state index contributed by atoms with van der Waals surface area (Å²) in [5.41, 5.74) is 0.385. The number of likely N-dealkylation sites (N-methyl/N-ethyl adjacent to an activating group) is 1. The Kier molecular flexibility index (Phi) is 11.3. The predicted octanol–water partition coefficient (Wildman–Crippen LogP) is 7.22. The van der Waals surface area contributed by atoms with E-state index in [1.165, 1.54) is 48.2 Å². The van der Waals surface area contributed by atoms with Gasteiger partial charge in [0.1, 0.15) is 0 Å². The van der Waals surface area contributed by atoms with Gasteiger partial charge in [0.15, 0.2) is 0 Å². The number of azo groups is 1. The fraction of sp³-hybridized carbons (Fsp3) is 0.458. The Bertz CT molecular complexity index is 1530. The van der Waals surface area contributed by atoms with Crippen LogP contribution >= 0.6 is 7.60 Å². The molecule has 0 heterocycles. The lowest BCUT2D eigenvalue weighted by atomic mass is 9.91. The molecule has 0 aliphatic carbocycles. The number of carbonyl (C=O) groups excluding carboxylic acids is 1. The molecule has 24 heteroatoms. The van der Waals surface area contributed by atoms with Crippen molar-refractivity contribution in [3.63, 3.8) is 0 Å². The van der Waals surface area contributed by atoms with Crippen molar-refractivity contribution in [1.82, 2.24) is 5.32 Å². The van der Waals surface area contributed by atoms with E-state index in [0.29, 0.717) is 0 Å². The van der Waals surface area contributed by atoms with Crippen LogP contribution in [0.15, 0.2) is 58.8 Å². The molecule has 2 rings (SSSR count). The Morgan fingerprint density at radius 1 is 0.729 bits per heavy atom. The van der Waals surface area contributed by atoms with Gasteiger partial charge in [-0.3, -0.25) is 9.36 Å². The molecule has 0 unspecified atom stereocenters. The molecule has 0 bridgehead atoms. The number of amides is 1. The van der Waals surface area contributed by atoms with Gasteiger partial charge in [-0.1, -0.05) is 6.07 Å². The summed E-state index contributed by atoms with van der Waals surface area (Å²) in [5.74, 6) is -51.9. The van der Waals surface area contributed by atoms with Crippen LogP contribution in [-0.2, 0) is 9.36 Å². The van der Waals surface area contributed by atoms with E-state index < -0.39 is 68.3 Å². The number of hydrogen-bond acceptors (Lipinski definition) is 5. The minimum atomic E-state index is -8.50. The van der Waals surface area contributed by atoms with Crippen LogP contribution in [0.1, 0.15) is 6.92 Å². The van der Waals surface area contributed by atoms with Crippen molar-refractivity contribution in [3.8, 4) is 0 Å². The predicted molar refractivity (Wildman–Crippen MR) is 135 cm³/mol. The number of hydrogen-bond donors (Lipinski definition) is 3. The largest absolute Gasteiger partial charge is 0.460 e. The molecule has 0 radical (unpaired) electrons. The van der Waals surface area contributed by atoms with E-state index in [4.69, 9.17) is 0 Å². The topological polar surface area (TPSA) is 115 Å². The molecule has 0 saturated heterocycles. The highest BCUT2D eigenvalue weighted by Crippen LogP contribution is 2.62. The first kappa shape index (κ1) is 40.6. The molecule has 0 aliphatic rings. The van der Waals surface area contributed by atoms with Crippen molar-refractivity contribution in [2.45, 2.75) is 48.6 Å². The monoisotopic (exact) mass is 744 g/mol. The van der Waals surface area contributed by atoms with E-state index >= 15 is 0 Å². The summed E-state index contributed by atoms with van der Waals surface area (Å²) in [6.45, 7) is -0.376. The molecule has 270 valence electrons. The number of nitrogens with one attached hydrogen (secondary N) is 1. The highest BCUT2D eigenvalue weighted by Gasteiger charge is 2.94. The van der Waals surface area contributed by atoms with Crippen LogP contribution < -0.4 is 15.5 Å². The van der Waals surface area contributed by atoms with Crippen LogP contribution in [-0.4, -0.2) is 77.0 Å². The Morgan fingerprint density at radius 3 is 1.69 bits per heavy atom. The number of nitrogens with zero attached hydrogens (tertiary/aromatic N) is 3. The number of anilines is 1. The van der Waals surface area contributed by atoms with Crippen molar-refractivity contribution in [2.24, 2.45) is 10.2 Å². The molecule has 0 saturated carbocycles. The van der Waals surface area contributed by atoms with E-state index in [2.05, 4.69) is 10.2 Å². The van der Waals surface area contributed by atoms with E-state index in [9.17, 15) is 85.0 Å². The average molecular weight is 744 g/mol.